The SMILES string of the molecule is Cc1ccc(-c2nc(CSc3nnc(-c4ccccc4Br)n3N)cs2)cc1. The smallest absolute Gasteiger partial charge is 0.210 e. The lowest BCUT2D eigenvalue weighted by Crippen LogP contribution is -2.11. The molecule has 4 rings (SSSR count). The molecule has 0 saturated carbocycles. The van der Waals surface area contributed by atoms with Gasteiger partial charge in [0, 0.05) is 26.7 Å². The Balaban J connectivity index is 1.49. The van der Waals surface area contributed by atoms with Gasteiger partial charge in [0.05, 0.1) is 5.69 Å². The molecule has 0 bridgehead atoms. The van der Waals surface area contributed by atoms with Crippen molar-refractivity contribution in [3.8, 4) is 22.0 Å². The average Bonchev–Trinajstić information content (AvgIpc) is 3.28. The number of thiazole rings is 1. The summed E-state index contributed by atoms with van der Waals surface area (Å²) in [5.41, 5.74) is 4.30. The number of aromatic nitrogens is 4. The number of benzene rings is 2. The van der Waals surface area contributed by atoms with Gasteiger partial charge < -0.3 is 5.84 Å². The van der Waals surface area contributed by atoms with Crippen LogP contribution in [0.3, 0.4) is 0 Å². The molecule has 0 amide bonds. The fourth-order valence-electron chi connectivity index (χ4n) is 2.54. The lowest BCUT2D eigenvalue weighted by atomic mass is 10.2. The molecular weight excluding hydrogens is 442 g/mol. The fraction of sp³-hybridized carbons (Fsp3) is 0.105. The first-order chi connectivity index (χ1) is 13.1. The van der Waals surface area contributed by atoms with Crippen LogP contribution in [0.15, 0.2) is 63.5 Å². The highest BCUT2D eigenvalue weighted by Crippen LogP contribution is 2.30. The maximum Gasteiger partial charge on any atom is 0.210 e. The van der Waals surface area contributed by atoms with E-state index >= 15 is 0 Å². The van der Waals surface area contributed by atoms with E-state index in [1.54, 1.807) is 11.3 Å². The third kappa shape index (κ3) is 3.92. The largest absolute Gasteiger partial charge is 0.335 e. The molecule has 2 aromatic heterocycles. The van der Waals surface area contributed by atoms with Crippen LogP contribution in [0.5, 0.6) is 0 Å². The van der Waals surface area contributed by atoms with Crippen molar-refractivity contribution in [1.29, 1.82) is 0 Å². The highest BCUT2D eigenvalue weighted by atomic mass is 79.9. The topological polar surface area (TPSA) is 69.6 Å². The van der Waals surface area contributed by atoms with Crippen LogP contribution in [0.4, 0.5) is 0 Å². The Labute approximate surface area is 173 Å². The first-order valence-corrected chi connectivity index (χ1v) is 10.9. The fourth-order valence-corrected chi connectivity index (χ4v) is 4.68. The zero-order valence-corrected chi connectivity index (χ0v) is 17.7. The number of aryl methyl sites for hydroxylation is 1. The summed E-state index contributed by atoms with van der Waals surface area (Å²) in [6, 6.07) is 16.2. The van der Waals surface area contributed by atoms with E-state index in [0.29, 0.717) is 16.7 Å². The van der Waals surface area contributed by atoms with Gasteiger partial charge in [-0.05, 0) is 19.1 Å². The molecule has 5 nitrogen and oxygen atoms in total. The van der Waals surface area contributed by atoms with Crippen LogP contribution in [-0.2, 0) is 5.75 Å². The summed E-state index contributed by atoms with van der Waals surface area (Å²) in [5, 5.41) is 12.2. The zero-order valence-electron chi connectivity index (χ0n) is 14.5. The molecule has 0 aliphatic heterocycles. The van der Waals surface area contributed by atoms with Crippen LogP contribution < -0.4 is 5.84 Å². The molecule has 0 unspecified atom stereocenters. The van der Waals surface area contributed by atoms with Crippen LogP contribution in [0.25, 0.3) is 22.0 Å². The summed E-state index contributed by atoms with van der Waals surface area (Å²) in [5.74, 6) is 7.53. The molecule has 0 fully saturated rings. The average molecular weight is 458 g/mol. The van der Waals surface area contributed by atoms with E-state index in [4.69, 9.17) is 10.8 Å². The Kier molecular flexibility index (Phi) is 5.29. The van der Waals surface area contributed by atoms with Crippen LogP contribution in [0, 0.1) is 6.92 Å². The van der Waals surface area contributed by atoms with E-state index in [9.17, 15) is 0 Å². The molecule has 27 heavy (non-hydrogen) atoms. The summed E-state index contributed by atoms with van der Waals surface area (Å²) >= 11 is 6.70. The molecule has 0 aliphatic carbocycles. The van der Waals surface area contributed by atoms with Crippen LogP contribution in [0.2, 0.25) is 0 Å². The van der Waals surface area contributed by atoms with E-state index in [0.717, 1.165) is 26.3 Å². The predicted octanol–water partition coefficient (Wildman–Crippen LogP) is 5.15. The monoisotopic (exact) mass is 457 g/mol. The molecule has 2 N–H and O–H groups in total. The molecule has 4 aromatic rings. The third-order valence-corrected chi connectivity index (χ3v) is 6.59. The number of thioether (sulfide) groups is 1. The first kappa shape index (κ1) is 18.2. The molecular formula is C19H16BrN5S2. The van der Waals surface area contributed by atoms with Gasteiger partial charge in [-0.1, -0.05) is 69.7 Å². The van der Waals surface area contributed by atoms with Crippen molar-refractivity contribution in [1.82, 2.24) is 19.9 Å². The zero-order chi connectivity index (χ0) is 18.8. The number of hydrogen-bond donors (Lipinski definition) is 1. The summed E-state index contributed by atoms with van der Waals surface area (Å²) in [6.45, 7) is 2.08. The molecule has 2 heterocycles. The van der Waals surface area contributed by atoms with Gasteiger partial charge >= 0.3 is 0 Å². The van der Waals surface area contributed by atoms with Crippen LogP contribution in [-0.4, -0.2) is 19.9 Å². The summed E-state index contributed by atoms with van der Waals surface area (Å²) < 4.78 is 2.46. The molecule has 0 aliphatic rings. The number of nitrogens with two attached hydrogens (primary N) is 1. The van der Waals surface area contributed by atoms with Gasteiger partial charge in [0.1, 0.15) is 5.01 Å². The quantitative estimate of drug-likeness (QED) is 0.331. The third-order valence-electron chi connectivity index (χ3n) is 3.98. The van der Waals surface area contributed by atoms with E-state index < -0.39 is 0 Å². The second-order valence-corrected chi connectivity index (χ2v) is 8.61. The lowest BCUT2D eigenvalue weighted by molar-refractivity contribution is 0.849. The first-order valence-electron chi connectivity index (χ1n) is 8.21. The molecule has 136 valence electrons. The molecule has 8 heteroatoms. The Bertz CT molecular complexity index is 1070. The summed E-state index contributed by atoms with van der Waals surface area (Å²) in [7, 11) is 0. The lowest BCUT2D eigenvalue weighted by Gasteiger charge is -2.04. The van der Waals surface area contributed by atoms with E-state index in [1.807, 2.05) is 24.3 Å². The predicted molar refractivity (Wildman–Crippen MR) is 115 cm³/mol. The normalized spacial score (nSPS) is 11.0. The standard InChI is InChI=1S/C19H16BrN5S2/c1-12-6-8-13(9-7-12)18-22-14(10-26-18)11-27-19-24-23-17(25(19)21)15-4-2-3-5-16(15)20/h2-10H,11,21H2,1H3. The van der Waals surface area contributed by atoms with Crippen LogP contribution in [0.1, 0.15) is 11.3 Å². The highest BCUT2D eigenvalue weighted by molar-refractivity contribution is 9.10. The Morgan fingerprint density at radius 1 is 1.11 bits per heavy atom. The van der Waals surface area contributed by atoms with Crippen molar-refractivity contribution in [3.05, 3.63) is 69.6 Å². The summed E-state index contributed by atoms with van der Waals surface area (Å²) in [6.07, 6.45) is 0. The molecule has 0 radical (unpaired) electrons. The maximum atomic E-state index is 6.21. The molecule has 0 saturated heterocycles. The van der Waals surface area contributed by atoms with Crippen molar-refractivity contribution in [3.63, 3.8) is 0 Å². The van der Waals surface area contributed by atoms with E-state index in [1.165, 1.54) is 22.0 Å². The highest BCUT2D eigenvalue weighted by Gasteiger charge is 2.15. The number of rotatable bonds is 5. The van der Waals surface area contributed by atoms with Gasteiger partial charge in [-0.2, -0.15) is 0 Å². The number of hydrogen-bond acceptors (Lipinski definition) is 6. The van der Waals surface area contributed by atoms with Crippen molar-refractivity contribution in [2.45, 2.75) is 17.8 Å². The van der Waals surface area contributed by atoms with Crippen molar-refractivity contribution in [2.75, 3.05) is 5.84 Å². The second-order valence-electron chi connectivity index (χ2n) is 5.95. The minimum absolute atomic E-state index is 0.628. The van der Waals surface area contributed by atoms with Gasteiger partial charge in [-0.15, -0.1) is 21.5 Å². The van der Waals surface area contributed by atoms with Crippen molar-refractivity contribution in [2.24, 2.45) is 0 Å². The Hall–Kier alpha value is -2.16. The minimum Gasteiger partial charge on any atom is -0.335 e. The van der Waals surface area contributed by atoms with Crippen molar-refractivity contribution < 1.29 is 0 Å². The molecule has 2 aromatic carbocycles. The Morgan fingerprint density at radius 2 is 1.89 bits per heavy atom. The number of nitrogen functional groups attached to an aromatic ring is 1. The van der Waals surface area contributed by atoms with Crippen LogP contribution >= 0.6 is 39.0 Å². The molecule has 0 spiro atoms. The van der Waals surface area contributed by atoms with Gasteiger partial charge in [0.2, 0.25) is 5.16 Å². The van der Waals surface area contributed by atoms with Gasteiger partial charge in [-0.25, -0.2) is 9.66 Å². The second kappa shape index (κ2) is 7.84. The van der Waals surface area contributed by atoms with E-state index in [2.05, 4.69) is 62.7 Å². The minimum atomic E-state index is 0.628. The van der Waals surface area contributed by atoms with Crippen molar-refractivity contribution >= 4 is 39.0 Å². The summed E-state index contributed by atoms with van der Waals surface area (Å²) in [4.78, 5) is 4.73. The maximum absolute atomic E-state index is 6.21. The number of halogens is 1. The van der Waals surface area contributed by atoms with Gasteiger partial charge in [0.15, 0.2) is 5.82 Å². The number of nitrogens with zero attached hydrogens (tertiary/aromatic N) is 4. The van der Waals surface area contributed by atoms with E-state index in [-0.39, 0.29) is 0 Å². The van der Waals surface area contributed by atoms with Gasteiger partial charge in [0.25, 0.3) is 0 Å². The molecule has 0 atom stereocenters. The Morgan fingerprint density at radius 3 is 2.67 bits per heavy atom. The van der Waals surface area contributed by atoms with Gasteiger partial charge in [-0.3, -0.25) is 0 Å².